The number of hydrogen-bond acceptors (Lipinski definition) is 3. The molecule has 0 saturated heterocycles. The van der Waals surface area contributed by atoms with Crippen LogP contribution in [0.15, 0.2) is 29.0 Å². The van der Waals surface area contributed by atoms with Gasteiger partial charge in [-0.25, -0.2) is 4.98 Å². The quantitative estimate of drug-likeness (QED) is 0.863. The molecule has 2 aromatic rings. The summed E-state index contributed by atoms with van der Waals surface area (Å²) in [5, 5.41) is 2.74. The van der Waals surface area contributed by atoms with Gasteiger partial charge in [0.05, 0.1) is 11.8 Å². The van der Waals surface area contributed by atoms with Crippen molar-refractivity contribution in [3.05, 3.63) is 47.0 Å². The van der Waals surface area contributed by atoms with Crippen molar-refractivity contribution in [3.63, 3.8) is 0 Å². The molecule has 0 aliphatic heterocycles. The van der Waals surface area contributed by atoms with E-state index in [1.165, 1.54) is 0 Å². The predicted octanol–water partition coefficient (Wildman–Crippen LogP) is 2.85. The summed E-state index contributed by atoms with van der Waals surface area (Å²) in [5.74, 6) is 0.970. The third-order valence-corrected chi connectivity index (χ3v) is 2.54. The third-order valence-electron chi connectivity index (χ3n) is 2.54. The van der Waals surface area contributed by atoms with Crippen LogP contribution in [0, 0.1) is 20.8 Å². The topological polar surface area (TPSA) is 55.1 Å². The van der Waals surface area contributed by atoms with Crippen LogP contribution in [0.4, 0.5) is 5.82 Å². The zero-order valence-electron chi connectivity index (χ0n) is 10.1. The molecule has 0 aliphatic carbocycles. The van der Waals surface area contributed by atoms with Gasteiger partial charge in [0.15, 0.2) is 0 Å². The van der Waals surface area contributed by atoms with E-state index < -0.39 is 0 Å². The van der Waals surface area contributed by atoms with Crippen LogP contribution >= 0.6 is 0 Å². The number of aromatic nitrogens is 1. The molecule has 0 bridgehead atoms. The fraction of sp³-hybridized carbons (Fsp3) is 0.231. The Hall–Kier alpha value is -2.10. The summed E-state index contributed by atoms with van der Waals surface area (Å²) in [5.41, 5.74) is 2.46. The Bertz CT molecular complexity index is 522. The molecule has 0 spiro atoms. The highest BCUT2D eigenvalue weighted by Gasteiger charge is 2.15. The number of hydrogen-bond donors (Lipinski definition) is 1. The lowest BCUT2D eigenvalue weighted by atomic mass is 10.1. The molecule has 4 heteroatoms. The number of aryl methyl sites for hydroxylation is 3. The van der Waals surface area contributed by atoms with Crippen molar-refractivity contribution in [1.29, 1.82) is 0 Å². The van der Waals surface area contributed by atoms with Crippen LogP contribution in [-0.2, 0) is 0 Å². The molecule has 1 amide bonds. The SMILES string of the molecule is Cc1ccc(NC(=O)c2c(C)coc2C)nc1. The molecule has 2 rings (SSSR count). The monoisotopic (exact) mass is 230 g/mol. The first-order valence-electron chi connectivity index (χ1n) is 5.36. The molecule has 1 N–H and O–H groups in total. The zero-order chi connectivity index (χ0) is 12.4. The van der Waals surface area contributed by atoms with Crippen LogP contribution in [0.25, 0.3) is 0 Å². The number of amides is 1. The second-order valence-electron chi connectivity index (χ2n) is 4.02. The van der Waals surface area contributed by atoms with Gasteiger partial charge in [0.1, 0.15) is 11.6 Å². The van der Waals surface area contributed by atoms with Crippen molar-refractivity contribution < 1.29 is 9.21 Å². The minimum Gasteiger partial charge on any atom is -0.469 e. The summed E-state index contributed by atoms with van der Waals surface area (Å²) >= 11 is 0. The molecule has 2 aromatic heterocycles. The van der Waals surface area contributed by atoms with E-state index in [2.05, 4.69) is 10.3 Å². The van der Waals surface area contributed by atoms with Crippen LogP contribution < -0.4 is 5.32 Å². The van der Waals surface area contributed by atoms with Crippen molar-refractivity contribution >= 4 is 11.7 Å². The maximum Gasteiger partial charge on any atom is 0.260 e. The summed E-state index contributed by atoms with van der Waals surface area (Å²) in [6.45, 7) is 5.56. The second kappa shape index (κ2) is 4.41. The van der Waals surface area contributed by atoms with Crippen LogP contribution in [0.2, 0.25) is 0 Å². The molecule has 4 nitrogen and oxygen atoms in total. The highest BCUT2D eigenvalue weighted by Crippen LogP contribution is 2.17. The van der Waals surface area contributed by atoms with Crippen molar-refractivity contribution in [2.75, 3.05) is 5.32 Å². The van der Waals surface area contributed by atoms with Gasteiger partial charge in [0, 0.05) is 11.8 Å². The number of anilines is 1. The number of rotatable bonds is 2. The fourth-order valence-electron chi connectivity index (χ4n) is 1.63. The average molecular weight is 230 g/mol. The van der Waals surface area contributed by atoms with Gasteiger partial charge in [-0.1, -0.05) is 6.07 Å². The Labute approximate surface area is 99.7 Å². The van der Waals surface area contributed by atoms with Crippen molar-refractivity contribution in [2.45, 2.75) is 20.8 Å². The molecule has 0 aliphatic rings. The van der Waals surface area contributed by atoms with Gasteiger partial charge in [-0.05, 0) is 32.4 Å². The molecule has 0 aromatic carbocycles. The molecule has 2 heterocycles. The highest BCUT2D eigenvalue weighted by molar-refractivity contribution is 6.05. The Morgan fingerprint density at radius 1 is 1.29 bits per heavy atom. The lowest BCUT2D eigenvalue weighted by Crippen LogP contribution is -2.14. The van der Waals surface area contributed by atoms with Crippen LogP contribution in [0.3, 0.4) is 0 Å². The Morgan fingerprint density at radius 2 is 2.06 bits per heavy atom. The molecule has 0 unspecified atom stereocenters. The van der Waals surface area contributed by atoms with E-state index in [-0.39, 0.29) is 5.91 Å². The number of carbonyl (C=O) groups is 1. The van der Waals surface area contributed by atoms with E-state index in [4.69, 9.17) is 4.42 Å². The van der Waals surface area contributed by atoms with E-state index in [1.807, 2.05) is 19.9 Å². The lowest BCUT2D eigenvalue weighted by Gasteiger charge is -2.04. The van der Waals surface area contributed by atoms with E-state index >= 15 is 0 Å². The van der Waals surface area contributed by atoms with Crippen LogP contribution in [0.1, 0.15) is 27.2 Å². The number of furan rings is 1. The standard InChI is InChI=1S/C13H14N2O2/c1-8-4-5-11(14-6-8)15-13(16)12-9(2)7-17-10(12)3/h4-7H,1-3H3,(H,14,15,16). The molecule has 0 saturated carbocycles. The Balaban J connectivity index is 2.20. The average Bonchev–Trinajstić information content (AvgIpc) is 2.62. The Morgan fingerprint density at radius 3 is 2.59 bits per heavy atom. The van der Waals surface area contributed by atoms with Gasteiger partial charge in [-0.2, -0.15) is 0 Å². The highest BCUT2D eigenvalue weighted by atomic mass is 16.3. The van der Waals surface area contributed by atoms with Crippen molar-refractivity contribution in [3.8, 4) is 0 Å². The molecule has 0 fully saturated rings. The summed E-state index contributed by atoms with van der Waals surface area (Å²) in [6, 6.07) is 3.68. The largest absolute Gasteiger partial charge is 0.469 e. The second-order valence-corrected chi connectivity index (χ2v) is 4.02. The first-order chi connectivity index (χ1) is 8.08. The van der Waals surface area contributed by atoms with Gasteiger partial charge < -0.3 is 9.73 Å². The molecule has 0 atom stereocenters. The minimum atomic E-state index is -0.190. The summed E-state index contributed by atoms with van der Waals surface area (Å²) in [4.78, 5) is 16.1. The number of pyridine rings is 1. The van der Waals surface area contributed by atoms with Gasteiger partial charge in [-0.15, -0.1) is 0 Å². The number of carbonyl (C=O) groups excluding carboxylic acids is 1. The van der Waals surface area contributed by atoms with Crippen molar-refractivity contribution in [2.24, 2.45) is 0 Å². The van der Waals surface area contributed by atoms with Gasteiger partial charge in [-0.3, -0.25) is 4.79 Å². The van der Waals surface area contributed by atoms with Crippen LogP contribution in [0.5, 0.6) is 0 Å². The summed E-state index contributed by atoms with van der Waals surface area (Å²) in [6.07, 6.45) is 3.29. The smallest absolute Gasteiger partial charge is 0.260 e. The van der Waals surface area contributed by atoms with E-state index in [1.54, 1.807) is 25.5 Å². The fourth-order valence-corrected chi connectivity index (χ4v) is 1.63. The first kappa shape index (κ1) is 11.4. The Kier molecular flexibility index (Phi) is 2.95. The molecule has 0 radical (unpaired) electrons. The van der Waals surface area contributed by atoms with Gasteiger partial charge >= 0.3 is 0 Å². The molecule has 17 heavy (non-hydrogen) atoms. The molecular weight excluding hydrogens is 216 g/mol. The third kappa shape index (κ3) is 2.36. The maximum absolute atomic E-state index is 12.0. The maximum atomic E-state index is 12.0. The molecule has 88 valence electrons. The summed E-state index contributed by atoms with van der Waals surface area (Å²) < 4.78 is 5.19. The zero-order valence-corrected chi connectivity index (χ0v) is 10.1. The molecular formula is C13H14N2O2. The van der Waals surface area contributed by atoms with Crippen molar-refractivity contribution in [1.82, 2.24) is 4.98 Å². The number of nitrogens with one attached hydrogen (secondary N) is 1. The predicted molar refractivity (Wildman–Crippen MR) is 65.1 cm³/mol. The first-order valence-corrected chi connectivity index (χ1v) is 5.36. The summed E-state index contributed by atoms with van der Waals surface area (Å²) in [7, 11) is 0. The van der Waals surface area contributed by atoms with E-state index in [9.17, 15) is 4.79 Å². The minimum absolute atomic E-state index is 0.190. The number of nitrogens with zero attached hydrogens (tertiary/aromatic N) is 1. The van der Waals surface area contributed by atoms with E-state index in [0.29, 0.717) is 17.1 Å². The van der Waals surface area contributed by atoms with E-state index in [0.717, 1.165) is 11.1 Å². The normalized spacial score (nSPS) is 10.3. The lowest BCUT2D eigenvalue weighted by molar-refractivity contribution is 0.102. The van der Waals surface area contributed by atoms with Gasteiger partial charge in [0.25, 0.3) is 5.91 Å². The van der Waals surface area contributed by atoms with Gasteiger partial charge in [0.2, 0.25) is 0 Å². The van der Waals surface area contributed by atoms with Crippen LogP contribution in [-0.4, -0.2) is 10.9 Å².